The molecule has 0 saturated carbocycles. The summed E-state index contributed by atoms with van der Waals surface area (Å²) in [5.41, 5.74) is -1.36. The highest BCUT2D eigenvalue weighted by Gasteiger charge is 2.31. The van der Waals surface area contributed by atoms with Crippen LogP contribution in [0.15, 0.2) is 83.6 Å². The van der Waals surface area contributed by atoms with Crippen molar-refractivity contribution >= 4 is 27.9 Å². The van der Waals surface area contributed by atoms with Crippen LogP contribution in [-0.2, 0) is 28.9 Å². The molecule has 34 heavy (non-hydrogen) atoms. The lowest BCUT2D eigenvalue weighted by atomic mass is 10.1. The Morgan fingerprint density at radius 1 is 0.971 bits per heavy atom. The molecule has 0 aliphatic carbocycles. The van der Waals surface area contributed by atoms with Crippen LogP contribution in [0.3, 0.4) is 0 Å². The largest absolute Gasteiger partial charge is 0.507 e. The summed E-state index contributed by atoms with van der Waals surface area (Å²) < 4.78 is 40.5. The number of amides is 1. The first-order valence-electron chi connectivity index (χ1n) is 9.72. The van der Waals surface area contributed by atoms with E-state index in [0.717, 1.165) is 12.2 Å². The highest BCUT2D eigenvalue weighted by molar-refractivity contribution is 7.91. The topological polar surface area (TPSA) is 145 Å². The number of hydrogen-bond acceptors (Lipinski definition) is 9. The van der Waals surface area contributed by atoms with E-state index in [4.69, 9.17) is 14.2 Å². The molecule has 0 heterocycles. The first kappa shape index (κ1) is 26.1. The molecule has 0 bridgehead atoms. The average molecular weight is 490 g/mol. The highest BCUT2D eigenvalue weighted by Crippen LogP contribution is 2.29. The number of phenols is 1. The van der Waals surface area contributed by atoms with Gasteiger partial charge in [0.2, 0.25) is 9.84 Å². The van der Waals surface area contributed by atoms with E-state index in [-0.39, 0.29) is 28.8 Å². The Bertz CT molecular complexity index is 1160. The summed E-state index contributed by atoms with van der Waals surface area (Å²) in [6.45, 7) is 7.26. The number of aromatic hydroxyl groups is 1. The van der Waals surface area contributed by atoms with Crippen molar-refractivity contribution in [1.82, 2.24) is 5.32 Å². The number of phenolic OH excluding ortho intramolecular Hbond substituents is 1. The smallest absolute Gasteiger partial charge is 0.413 e. The maximum atomic E-state index is 12.7. The summed E-state index contributed by atoms with van der Waals surface area (Å²) in [4.78, 5) is 34.8. The van der Waals surface area contributed by atoms with E-state index >= 15 is 0 Å². The van der Waals surface area contributed by atoms with Crippen LogP contribution in [0.2, 0.25) is 0 Å². The SMILES string of the molecule is C=CC(=O)OCC(C)(COC(=O)C=C)NC(=O)Oc1ccc(S(=O)(=O)c2ccccc2O)cc1. The minimum atomic E-state index is -4.00. The van der Waals surface area contributed by atoms with Crippen molar-refractivity contribution in [3.05, 3.63) is 73.8 Å². The standard InChI is InChI=1S/C23H23NO9S/c1-4-20(26)31-14-23(3,15-32-21(27)5-2)24-22(28)33-16-10-12-17(13-11-16)34(29,30)19-9-7-6-8-18(19)25/h4-13,25H,1-2,14-15H2,3H3,(H,24,28). The molecular weight excluding hydrogens is 466 g/mol. The number of para-hydroxylation sites is 1. The van der Waals surface area contributed by atoms with Gasteiger partial charge in [-0.05, 0) is 43.3 Å². The number of carbonyl (C=O) groups excluding carboxylic acids is 3. The molecule has 2 aromatic carbocycles. The molecule has 0 atom stereocenters. The Hall–Kier alpha value is -4.12. The van der Waals surface area contributed by atoms with Gasteiger partial charge in [0.1, 0.15) is 35.1 Å². The van der Waals surface area contributed by atoms with Crippen molar-refractivity contribution in [3.63, 3.8) is 0 Å². The van der Waals surface area contributed by atoms with Crippen molar-refractivity contribution in [2.24, 2.45) is 0 Å². The minimum Gasteiger partial charge on any atom is -0.507 e. The molecular formula is C23H23NO9S. The van der Waals surface area contributed by atoms with E-state index in [9.17, 15) is 27.9 Å². The van der Waals surface area contributed by atoms with Crippen LogP contribution in [0.25, 0.3) is 0 Å². The number of nitrogens with one attached hydrogen (secondary N) is 1. The number of carbonyl (C=O) groups is 3. The average Bonchev–Trinajstić information content (AvgIpc) is 2.81. The number of hydrogen-bond donors (Lipinski definition) is 2. The number of sulfone groups is 1. The Labute approximate surface area is 196 Å². The summed E-state index contributed by atoms with van der Waals surface area (Å²) in [6.07, 6.45) is 0.876. The van der Waals surface area contributed by atoms with Crippen LogP contribution < -0.4 is 10.1 Å². The van der Waals surface area contributed by atoms with E-state index in [1.807, 2.05) is 0 Å². The Morgan fingerprint density at radius 3 is 2.00 bits per heavy atom. The molecule has 2 aromatic rings. The summed E-state index contributed by atoms with van der Waals surface area (Å²) in [5.74, 6) is -1.89. The van der Waals surface area contributed by atoms with Gasteiger partial charge in [-0.3, -0.25) is 0 Å². The first-order chi connectivity index (χ1) is 16.0. The molecule has 180 valence electrons. The number of benzene rings is 2. The molecule has 1 amide bonds. The van der Waals surface area contributed by atoms with E-state index in [1.54, 1.807) is 0 Å². The number of ether oxygens (including phenoxy) is 3. The zero-order valence-corrected chi connectivity index (χ0v) is 19.0. The quantitative estimate of drug-likeness (QED) is 0.380. The van der Waals surface area contributed by atoms with Crippen molar-refractivity contribution in [2.45, 2.75) is 22.3 Å². The molecule has 11 heteroatoms. The fourth-order valence-corrected chi connectivity index (χ4v) is 3.92. The second kappa shape index (κ2) is 11.1. The van der Waals surface area contributed by atoms with E-state index in [2.05, 4.69) is 18.5 Å². The van der Waals surface area contributed by atoms with Gasteiger partial charge in [0, 0.05) is 12.2 Å². The lowest BCUT2D eigenvalue weighted by molar-refractivity contribution is -0.144. The third-order valence-corrected chi connectivity index (χ3v) is 6.12. The molecule has 2 rings (SSSR count). The maximum Gasteiger partial charge on any atom is 0.413 e. The fraction of sp³-hybridized carbons (Fsp3) is 0.174. The number of rotatable bonds is 10. The Balaban J connectivity index is 2.12. The Kier molecular flexibility index (Phi) is 8.57. The van der Waals surface area contributed by atoms with Crippen LogP contribution in [0.5, 0.6) is 11.5 Å². The molecule has 10 nitrogen and oxygen atoms in total. The molecule has 2 N–H and O–H groups in total. The molecule has 0 unspecified atom stereocenters. The molecule has 0 aliphatic rings. The molecule has 0 fully saturated rings. The number of esters is 2. The van der Waals surface area contributed by atoms with Crippen LogP contribution in [0.1, 0.15) is 6.92 Å². The minimum absolute atomic E-state index is 0.00209. The van der Waals surface area contributed by atoms with Gasteiger partial charge in [-0.15, -0.1) is 0 Å². The van der Waals surface area contributed by atoms with Gasteiger partial charge in [0.25, 0.3) is 0 Å². The first-order valence-corrected chi connectivity index (χ1v) is 11.2. The van der Waals surface area contributed by atoms with Crippen molar-refractivity contribution in [1.29, 1.82) is 0 Å². The molecule has 0 radical (unpaired) electrons. The lowest BCUT2D eigenvalue weighted by Gasteiger charge is -2.28. The molecule has 0 spiro atoms. The van der Waals surface area contributed by atoms with Crippen molar-refractivity contribution in [2.75, 3.05) is 13.2 Å². The van der Waals surface area contributed by atoms with E-state index in [0.29, 0.717) is 0 Å². The van der Waals surface area contributed by atoms with Crippen LogP contribution in [0, 0.1) is 0 Å². The lowest BCUT2D eigenvalue weighted by Crippen LogP contribution is -2.54. The van der Waals surface area contributed by atoms with Gasteiger partial charge >= 0.3 is 18.0 Å². The van der Waals surface area contributed by atoms with Crippen molar-refractivity contribution in [3.8, 4) is 11.5 Å². The van der Waals surface area contributed by atoms with Crippen LogP contribution >= 0.6 is 0 Å². The van der Waals surface area contributed by atoms with E-state index in [1.165, 1.54) is 55.5 Å². The molecule has 0 saturated heterocycles. The van der Waals surface area contributed by atoms with Crippen LogP contribution in [-0.4, -0.2) is 50.3 Å². The zero-order chi connectivity index (χ0) is 25.4. The predicted octanol–water partition coefficient (Wildman–Crippen LogP) is 2.53. The normalized spacial score (nSPS) is 11.1. The monoisotopic (exact) mass is 489 g/mol. The van der Waals surface area contributed by atoms with Gasteiger partial charge in [0.05, 0.1) is 4.90 Å². The van der Waals surface area contributed by atoms with Crippen molar-refractivity contribution < 1.29 is 42.1 Å². The van der Waals surface area contributed by atoms with Gasteiger partial charge in [-0.25, -0.2) is 22.8 Å². The summed E-state index contributed by atoms with van der Waals surface area (Å²) in [7, 11) is -4.00. The second-order valence-electron chi connectivity index (χ2n) is 7.14. The molecule has 0 aromatic heterocycles. The second-order valence-corrected chi connectivity index (χ2v) is 9.06. The van der Waals surface area contributed by atoms with E-state index < -0.39 is 39.2 Å². The van der Waals surface area contributed by atoms with Crippen LogP contribution in [0.4, 0.5) is 4.79 Å². The van der Waals surface area contributed by atoms with Gasteiger partial charge in [0.15, 0.2) is 0 Å². The third kappa shape index (κ3) is 6.94. The zero-order valence-electron chi connectivity index (χ0n) is 18.2. The summed E-state index contributed by atoms with van der Waals surface area (Å²) in [5, 5.41) is 12.3. The predicted molar refractivity (Wildman–Crippen MR) is 120 cm³/mol. The van der Waals surface area contributed by atoms with Gasteiger partial charge in [-0.2, -0.15) is 0 Å². The third-order valence-electron chi connectivity index (χ3n) is 4.30. The summed E-state index contributed by atoms with van der Waals surface area (Å²) >= 11 is 0. The molecule has 0 aliphatic heterocycles. The van der Waals surface area contributed by atoms with Gasteiger partial charge in [-0.1, -0.05) is 25.3 Å². The summed E-state index contributed by atoms with van der Waals surface area (Å²) in [6, 6.07) is 10.4. The Morgan fingerprint density at radius 2 is 1.50 bits per heavy atom. The maximum absolute atomic E-state index is 12.7. The fourth-order valence-electron chi connectivity index (χ4n) is 2.57. The van der Waals surface area contributed by atoms with Gasteiger partial charge < -0.3 is 24.6 Å². The highest BCUT2D eigenvalue weighted by atomic mass is 32.2.